The fourth-order valence-corrected chi connectivity index (χ4v) is 5.59. The second-order valence-corrected chi connectivity index (χ2v) is 11.2. The molecule has 0 spiro atoms. The van der Waals surface area contributed by atoms with E-state index in [1.54, 1.807) is 55.5 Å². The summed E-state index contributed by atoms with van der Waals surface area (Å²) in [6, 6.07) is 15.0. The number of sulfonamides is 1. The topological polar surface area (TPSA) is 70.2 Å². The van der Waals surface area contributed by atoms with Crippen molar-refractivity contribution in [3.05, 3.63) is 65.7 Å². The highest BCUT2D eigenvalue weighted by molar-refractivity contribution is 7.89. The molecular weight excluding hydrogens is 467 g/mol. The van der Waals surface area contributed by atoms with Gasteiger partial charge in [0.25, 0.3) is 3.79 Å². The third kappa shape index (κ3) is 4.05. The van der Waals surface area contributed by atoms with Crippen LogP contribution in [-0.4, -0.2) is 34.1 Å². The fraction of sp³-hybridized carbons (Fsp3) is 0.286. The summed E-state index contributed by atoms with van der Waals surface area (Å²) in [6.07, 6.45) is 4.51. The second-order valence-electron chi connectivity index (χ2n) is 7.14. The van der Waals surface area contributed by atoms with Crippen molar-refractivity contribution in [3.8, 4) is 12.3 Å². The number of benzene rings is 2. The molecule has 1 fully saturated rings. The van der Waals surface area contributed by atoms with E-state index in [4.69, 9.17) is 51.4 Å². The maximum atomic E-state index is 13.5. The van der Waals surface area contributed by atoms with Gasteiger partial charge in [-0.25, -0.2) is 8.42 Å². The minimum absolute atomic E-state index is 0.130. The minimum atomic E-state index is -3.93. The van der Waals surface area contributed by atoms with E-state index in [-0.39, 0.29) is 4.90 Å². The van der Waals surface area contributed by atoms with E-state index in [0.29, 0.717) is 0 Å². The fourth-order valence-electron chi connectivity index (χ4n) is 3.47. The summed E-state index contributed by atoms with van der Waals surface area (Å²) in [5.74, 6) is 1.75. The van der Waals surface area contributed by atoms with Crippen molar-refractivity contribution in [3.63, 3.8) is 0 Å². The lowest BCUT2D eigenvalue weighted by Crippen LogP contribution is -2.38. The van der Waals surface area contributed by atoms with Gasteiger partial charge in [0, 0.05) is 0 Å². The summed E-state index contributed by atoms with van der Waals surface area (Å²) in [7, 11) is -3.93. The van der Waals surface area contributed by atoms with E-state index in [1.807, 2.05) is 13.0 Å². The Bertz CT molecular complexity index is 1090. The molecule has 2 aromatic rings. The predicted octanol–water partition coefficient (Wildman–Crippen LogP) is 4.87. The number of ether oxygens (including phenoxy) is 1. The van der Waals surface area contributed by atoms with Gasteiger partial charge in [0.2, 0.25) is 15.9 Å². The highest BCUT2D eigenvalue weighted by Crippen LogP contribution is 2.59. The molecule has 158 valence electrons. The summed E-state index contributed by atoms with van der Waals surface area (Å²) >= 11 is 17.2. The highest BCUT2D eigenvalue weighted by atomic mass is 35.6. The molecule has 1 N–H and O–H groups in total. The number of terminal acetylenes is 1. The highest BCUT2D eigenvalue weighted by Gasteiger charge is 2.71. The standard InChI is InChI=1S/C21H19Cl3N2O3S/c1-4-17(29-19(25)21(22,23)24)20(3)18(15-8-6-5-7-9-15)26(20)30(27,28)16-12-10-14(2)11-13-16/h1,5-13,17-18,25H,2-3H3/t17-,18+,20+,26?/m1/s1. The summed E-state index contributed by atoms with van der Waals surface area (Å²) in [6.45, 7) is 3.53. The van der Waals surface area contributed by atoms with E-state index < -0.39 is 37.4 Å². The molecule has 1 saturated heterocycles. The number of alkyl halides is 3. The van der Waals surface area contributed by atoms with Crippen LogP contribution in [0.3, 0.4) is 0 Å². The Kier molecular flexibility index (Phi) is 6.16. The first-order valence-electron chi connectivity index (χ1n) is 8.88. The molecule has 1 aliphatic rings. The number of hydrogen-bond donors (Lipinski definition) is 1. The molecule has 0 bridgehead atoms. The van der Waals surface area contributed by atoms with Gasteiger partial charge in [0.1, 0.15) is 5.54 Å². The van der Waals surface area contributed by atoms with Crippen LogP contribution in [0.1, 0.15) is 24.1 Å². The maximum Gasteiger partial charge on any atom is 0.265 e. The molecule has 9 heteroatoms. The first kappa shape index (κ1) is 22.9. The monoisotopic (exact) mass is 484 g/mol. The molecule has 4 atom stereocenters. The number of hydrogen-bond acceptors (Lipinski definition) is 4. The SMILES string of the molecule is C#C[C@@H](OC(=N)C(Cl)(Cl)Cl)[C@@]1(C)[C@H](c2ccccc2)N1S(=O)(=O)c1ccc(C)cc1. The molecule has 0 saturated carbocycles. The number of nitrogens with one attached hydrogen (secondary N) is 1. The lowest BCUT2D eigenvalue weighted by Gasteiger charge is -2.24. The smallest absolute Gasteiger partial charge is 0.265 e. The Morgan fingerprint density at radius 1 is 1.20 bits per heavy atom. The zero-order valence-corrected chi connectivity index (χ0v) is 19.2. The van der Waals surface area contributed by atoms with Crippen molar-refractivity contribution in [1.29, 1.82) is 5.41 Å². The van der Waals surface area contributed by atoms with E-state index in [1.165, 1.54) is 4.31 Å². The molecule has 0 aromatic heterocycles. The Balaban J connectivity index is 2.06. The second kappa shape index (κ2) is 8.07. The average Bonchev–Trinajstić information content (AvgIpc) is 3.34. The van der Waals surface area contributed by atoms with Gasteiger partial charge in [0.15, 0.2) is 6.10 Å². The van der Waals surface area contributed by atoms with Gasteiger partial charge in [-0.1, -0.05) is 88.8 Å². The lowest BCUT2D eigenvalue weighted by atomic mass is 9.96. The van der Waals surface area contributed by atoms with Crippen LogP contribution in [0.2, 0.25) is 0 Å². The van der Waals surface area contributed by atoms with Gasteiger partial charge >= 0.3 is 0 Å². The molecule has 2 aromatic carbocycles. The molecule has 0 aliphatic carbocycles. The van der Waals surface area contributed by atoms with Crippen molar-refractivity contribution in [2.45, 2.75) is 40.2 Å². The zero-order chi connectivity index (χ0) is 22.3. The van der Waals surface area contributed by atoms with Crippen molar-refractivity contribution in [2.24, 2.45) is 0 Å². The van der Waals surface area contributed by atoms with Gasteiger partial charge < -0.3 is 4.74 Å². The van der Waals surface area contributed by atoms with E-state index in [9.17, 15) is 8.42 Å². The van der Waals surface area contributed by atoms with Crippen LogP contribution in [0, 0.1) is 24.7 Å². The Morgan fingerprint density at radius 3 is 2.27 bits per heavy atom. The van der Waals surface area contributed by atoms with E-state index in [0.717, 1.165) is 11.1 Å². The summed E-state index contributed by atoms with van der Waals surface area (Å²) in [4.78, 5) is 0.130. The largest absolute Gasteiger partial charge is 0.459 e. The van der Waals surface area contributed by atoms with Crippen molar-refractivity contribution in [2.75, 3.05) is 0 Å². The Hall–Kier alpha value is -1.75. The molecule has 3 rings (SSSR count). The van der Waals surface area contributed by atoms with Crippen molar-refractivity contribution < 1.29 is 13.2 Å². The molecule has 1 heterocycles. The summed E-state index contributed by atoms with van der Waals surface area (Å²) in [5, 5.41) is 7.88. The summed E-state index contributed by atoms with van der Waals surface area (Å²) < 4.78 is 31.6. The molecule has 1 aliphatic heterocycles. The molecule has 1 unspecified atom stereocenters. The maximum absolute atomic E-state index is 13.5. The third-order valence-corrected chi connectivity index (χ3v) is 7.57. The minimum Gasteiger partial charge on any atom is -0.459 e. The van der Waals surface area contributed by atoms with Crippen LogP contribution in [0.15, 0.2) is 59.5 Å². The van der Waals surface area contributed by atoms with Crippen molar-refractivity contribution in [1.82, 2.24) is 4.31 Å². The first-order chi connectivity index (χ1) is 13.9. The van der Waals surface area contributed by atoms with Gasteiger partial charge in [-0.15, -0.1) is 6.42 Å². The van der Waals surface area contributed by atoms with Crippen LogP contribution < -0.4 is 0 Å². The van der Waals surface area contributed by atoms with Crippen LogP contribution >= 0.6 is 34.8 Å². The van der Waals surface area contributed by atoms with E-state index in [2.05, 4.69) is 5.92 Å². The zero-order valence-electron chi connectivity index (χ0n) is 16.1. The average molecular weight is 486 g/mol. The van der Waals surface area contributed by atoms with Gasteiger partial charge in [-0.2, -0.15) is 4.31 Å². The van der Waals surface area contributed by atoms with Gasteiger partial charge in [0.05, 0.1) is 10.9 Å². The third-order valence-electron chi connectivity index (χ3n) is 5.06. The molecular formula is C21H19Cl3N2O3S. The Labute approximate surface area is 191 Å². The van der Waals surface area contributed by atoms with Gasteiger partial charge in [-0.05, 0) is 31.5 Å². The molecule has 5 nitrogen and oxygen atoms in total. The van der Waals surface area contributed by atoms with Crippen LogP contribution in [-0.2, 0) is 14.8 Å². The van der Waals surface area contributed by atoms with Gasteiger partial charge in [-0.3, -0.25) is 5.41 Å². The number of halogens is 3. The summed E-state index contributed by atoms with van der Waals surface area (Å²) in [5.41, 5.74) is 0.477. The van der Waals surface area contributed by atoms with Crippen LogP contribution in [0.4, 0.5) is 0 Å². The normalized spacial score (nSPS) is 24.5. The van der Waals surface area contributed by atoms with Crippen LogP contribution in [0.5, 0.6) is 0 Å². The van der Waals surface area contributed by atoms with Crippen LogP contribution in [0.25, 0.3) is 0 Å². The predicted molar refractivity (Wildman–Crippen MR) is 120 cm³/mol. The first-order valence-corrected chi connectivity index (χ1v) is 11.5. The number of nitrogens with zero attached hydrogens (tertiary/aromatic N) is 1. The quantitative estimate of drug-likeness (QED) is 0.216. The molecule has 0 radical (unpaired) electrons. The molecule has 30 heavy (non-hydrogen) atoms. The van der Waals surface area contributed by atoms with Crippen molar-refractivity contribution >= 4 is 50.7 Å². The Morgan fingerprint density at radius 2 is 1.77 bits per heavy atom. The van der Waals surface area contributed by atoms with E-state index >= 15 is 0 Å². The number of rotatable bonds is 5. The number of aryl methyl sites for hydroxylation is 1. The molecule has 0 amide bonds. The lowest BCUT2D eigenvalue weighted by molar-refractivity contribution is 0.184.